The molecule has 0 saturated carbocycles. The van der Waals surface area contributed by atoms with Crippen LogP contribution in [0, 0.1) is 0 Å². The zero-order chi connectivity index (χ0) is 23.4. The van der Waals surface area contributed by atoms with Crippen molar-refractivity contribution >= 4 is 0 Å². The van der Waals surface area contributed by atoms with E-state index >= 15 is 0 Å². The SMILES string of the molecule is OC(F)(OC(F)=C(F)C(F)(F)C(F)(F)C(F)(F)C(F)(F)F)C(F)(F)C(F)(F)F. The van der Waals surface area contributed by atoms with Crippen molar-refractivity contribution in [2.75, 3.05) is 0 Å². The number of ether oxygens (including phenoxy) is 1. The Kier molecular flexibility index (Phi) is 6.28. The van der Waals surface area contributed by atoms with Crippen molar-refractivity contribution in [2.45, 2.75) is 42.1 Å². The summed E-state index contributed by atoms with van der Waals surface area (Å²) in [6, 6.07) is -11.5. The lowest BCUT2D eigenvalue weighted by Crippen LogP contribution is -2.61. The van der Waals surface area contributed by atoms with Crippen LogP contribution in [0.4, 0.5) is 74.6 Å². The van der Waals surface area contributed by atoms with E-state index in [1.807, 2.05) is 0 Å². The predicted octanol–water partition coefficient (Wildman–Crippen LogP) is 5.39. The first kappa shape index (κ1) is 26.3. The second kappa shape index (κ2) is 6.68. The zero-order valence-electron chi connectivity index (χ0n) is 11.8. The zero-order valence-corrected chi connectivity index (χ0v) is 11.8. The molecule has 2 nitrogen and oxygen atoms in total. The third kappa shape index (κ3) is 3.88. The summed E-state index contributed by atoms with van der Waals surface area (Å²) >= 11 is 0. The van der Waals surface area contributed by atoms with E-state index in [1.165, 1.54) is 0 Å². The highest BCUT2D eigenvalue weighted by Gasteiger charge is 2.83. The van der Waals surface area contributed by atoms with Gasteiger partial charge in [0.05, 0.1) is 0 Å². The fraction of sp³-hybridized carbons (Fsp3) is 0.778. The Morgan fingerprint density at radius 1 is 0.536 bits per heavy atom. The molecule has 0 aliphatic heterocycles. The maximum absolute atomic E-state index is 12.9. The Bertz CT molecular complexity index is 609. The molecule has 1 atom stereocenters. The molecule has 0 rings (SSSR count). The van der Waals surface area contributed by atoms with Crippen LogP contribution in [0.2, 0.25) is 0 Å². The third-order valence-electron chi connectivity index (χ3n) is 2.56. The molecule has 1 unspecified atom stereocenters. The summed E-state index contributed by atoms with van der Waals surface area (Å²) in [5, 5.41) is 7.99. The molecule has 0 spiro atoms. The first-order valence-corrected chi connectivity index (χ1v) is 5.59. The molecule has 0 fully saturated rings. The number of aliphatic hydroxyl groups is 1. The molecule has 0 aliphatic carbocycles. The van der Waals surface area contributed by atoms with E-state index < -0.39 is 53.9 Å². The molecular weight excluding hydrogens is 463 g/mol. The average Bonchev–Trinajstić information content (AvgIpc) is 2.42. The Hall–Kier alpha value is -1.69. The highest BCUT2D eigenvalue weighted by molar-refractivity contribution is 5.16. The molecule has 0 saturated heterocycles. The molecule has 1 N–H and O–H groups in total. The van der Waals surface area contributed by atoms with Crippen molar-refractivity contribution in [3.63, 3.8) is 0 Å². The van der Waals surface area contributed by atoms with Crippen molar-refractivity contribution in [1.29, 1.82) is 0 Å². The van der Waals surface area contributed by atoms with Gasteiger partial charge in [0, 0.05) is 0 Å². The maximum Gasteiger partial charge on any atom is 0.463 e. The van der Waals surface area contributed by atoms with Gasteiger partial charge in [-0.15, -0.1) is 0 Å². The van der Waals surface area contributed by atoms with Gasteiger partial charge in [0.2, 0.25) is 5.83 Å². The van der Waals surface area contributed by atoms with Gasteiger partial charge in [-0.1, -0.05) is 0 Å². The molecule has 0 amide bonds. The normalized spacial score (nSPS) is 18.5. The molecule has 0 aromatic heterocycles. The van der Waals surface area contributed by atoms with Gasteiger partial charge in [0.15, 0.2) is 0 Å². The molecule has 0 aromatic rings. The highest BCUT2D eigenvalue weighted by Crippen LogP contribution is 2.56. The van der Waals surface area contributed by atoms with Gasteiger partial charge >= 0.3 is 48.1 Å². The number of hydrogen-bond donors (Lipinski definition) is 1. The minimum atomic E-state index is -7.94. The number of hydrogen-bond acceptors (Lipinski definition) is 2. The van der Waals surface area contributed by atoms with E-state index in [9.17, 15) is 74.6 Å². The topological polar surface area (TPSA) is 29.5 Å². The van der Waals surface area contributed by atoms with E-state index in [2.05, 4.69) is 0 Å². The van der Waals surface area contributed by atoms with Crippen LogP contribution in [0.5, 0.6) is 0 Å². The van der Waals surface area contributed by atoms with E-state index in [-0.39, 0.29) is 0 Å². The standard InChI is InChI=1S/C9HF17O2/c10-1(2(11)28-9(26,27)6(18,19)8(23,24)25)3(12,13)4(14,15)5(16,17)7(20,21)22/h27H. The summed E-state index contributed by atoms with van der Waals surface area (Å²) in [6.45, 7) is 0. The van der Waals surface area contributed by atoms with Gasteiger partial charge in [0.25, 0.3) is 0 Å². The van der Waals surface area contributed by atoms with E-state index in [0.717, 1.165) is 0 Å². The summed E-state index contributed by atoms with van der Waals surface area (Å²) in [4.78, 5) is 0. The Morgan fingerprint density at radius 3 is 1.14 bits per heavy atom. The van der Waals surface area contributed by atoms with Crippen LogP contribution >= 0.6 is 0 Å². The molecule has 0 aromatic carbocycles. The molecular formula is C9HF17O2. The van der Waals surface area contributed by atoms with Crippen LogP contribution < -0.4 is 0 Å². The molecule has 0 heterocycles. The van der Waals surface area contributed by atoms with E-state index in [1.54, 1.807) is 4.74 Å². The summed E-state index contributed by atoms with van der Waals surface area (Å²) in [6.07, 6.45) is -14.7. The third-order valence-corrected chi connectivity index (χ3v) is 2.56. The fourth-order valence-electron chi connectivity index (χ4n) is 1.04. The summed E-state index contributed by atoms with van der Waals surface area (Å²) in [7, 11) is 0. The molecule has 0 bridgehead atoms. The first-order chi connectivity index (χ1) is 11.8. The number of alkyl halides is 15. The van der Waals surface area contributed by atoms with Crippen molar-refractivity contribution in [3.8, 4) is 0 Å². The smallest absolute Gasteiger partial charge is 0.403 e. The Balaban J connectivity index is 6.24. The molecule has 168 valence electrons. The van der Waals surface area contributed by atoms with E-state index in [4.69, 9.17) is 5.11 Å². The largest absolute Gasteiger partial charge is 0.463 e. The fourth-order valence-corrected chi connectivity index (χ4v) is 1.04. The number of rotatable bonds is 6. The number of halogens is 17. The van der Waals surface area contributed by atoms with Crippen molar-refractivity contribution < 1.29 is 84.5 Å². The minimum absolute atomic E-state index is 1.79. The van der Waals surface area contributed by atoms with Gasteiger partial charge in [-0.3, -0.25) is 0 Å². The number of allylic oxidation sites excluding steroid dienone is 1. The quantitative estimate of drug-likeness (QED) is 0.325. The van der Waals surface area contributed by atoms with E-state index in [0.29, 0.717) is 0 Å². The van der Waals surface area contributed by atoms with Crippen LogP contribution in [0.15, 0.2) is 11.8 Å². The van der Waals surface area contributed by atoms with Gasteiger partial charge < -0.3 is 9.84 Å². The molecule has 0 radical (unpaired) electrons. The maximum atomic E-state index is 12.9. The van der Waals surface area contributed by atoms with Crippen LogP contribution in [0.25, 0.3) is 0 Å². The first-order valence-electron chi connectivity index (χ1n) is 5.59. The summed E-state index contributed by atoms with van der Waals surface area (Å²) in [5.41, 5.74) is 0. The van der Waals surface area contributed by atoms with Crippen LogP contribution in [-0.2, 0) is 4.74 Å². The van der Waals surface area contributed by atoms with Crippen molar-refractivity contribution in [2.24, 2.45) is 0 Å². The highest BCUT2D eigenvalue weighted by atomic mass is 19.4. The van der Waals surface area contributed by atoms with Crippen LogP contribution in [0.1, 0.15) is 0 Å². The lowest BCUT2D eigenvalue weighted by molar-refractivity contribution is -0.445. The van der Waals surface area contributed by atoms with Crippen molar-refractivity contribution in [1.82, 2.24) is 0 Å². The summed E-state index contributed by atoms with van der Waals surface area (Å²) < 4.78 is 211. The van der Waals surface area contributed by atoms with Gasteiger partial charge in [-0.2, -0.15) is 74.6 Å². The summed E-state index contributed by atoms with van der Waals surface area (Å²) in [5.74, 6) is -35.7. The van der Waals surface area contributed by atoms with Gasteiger partial charge in [-0.25, -0.2) is 0 Å². The van der Waals surface area contributed by atoms with Crippen molar-refractivity contribution in [3.05, 3.63) is 11.8 Å². The average molecular weight is 464 g/mol. The molecule has 0 aliphatic rings. The van der Waals surface area contributed by atoms with Crippen LogP contribution in [-0.4, -0.2) is 47.2 Å². The lowest BCUT2D eigenvalue weighted by Gasteiger charge is -2.33. The Morgan fingerprint density at radius 2 is 0.857 bits per heavy atom. The van der Waals surface area contributed by atoms with Gasteiger partial charge in [0.1, 0.15) is 0 Å². The second-order valence-electron chi connectivity index (χ2n) is 4.54. The molecule has 28 heavy (non-hydrogen) atoms. The predicted molar refractivity (Wildman–Crippen MR) is 48.3 cm³/mol. The van der Waals surface area contributed by atoms with Gasteiger partial charge in [-0.05, 0) is 0 Å². The monoisotopic (exact) mass is 464 g/mol. The second-order valence-corrected chi connectivity index (χ2v) is 4.54. The lowest BCUT2D eigenvalue weighted by atomic mass is 10.0. The Labute approximate surface area is 140 Å². The minimum Gasteiger partial charge on any atom is -0.403 e. The van der Waals surface area contributed by atoms with Crippen LogP contribution in [0.3, 0.4) is 0 Å². The molecule has 19 heteroatoms.